The van der Waals surface area contributed by atoms with Gasteiger partial charge in [0.2, 0.25) is 0 Å². The van der Waals surface area contributed by atoms with Crippen molar-refractivity contribution < 1.29 is 4.39 Å². The van der Waals surface area contributed by atoms with E-state index in [0.717, 1.165) is 12.6 Å². The lowest BCUT2D eigenvalue weighted by Crippen LogP contribution is -2.30. The van der Waals surface area contributed by atoms with Crippen LogP contribution in [0.4, 0.5) is 4.39 Å². The second kappa shape index (κ2) is 5.51. The molecular formula is C15H20BrFN2. The molecule has 1 saturated carbocycles. The first-order valence-electron chi connectivity index (χ1n) is 7.06. The summed E-state index contributed by atoms with van der Waals surface area (Å²) in [6.07, 6.45) is 3.88. The molecule has 19 heavy (non-hydrogen) atoms. The highest BCUT2D eigenvalue weighted by Gasteiger charge is 2.42. The molecule has 1 heterocycles. The Labute approximate surface area is 122 Å². The maximum absolute atomic E-state index is 13.4. The Morgan fingerprint density at radius 3 is 2.79 bits per heavy atom. The lowest BCUT2D eigenvalue weighted by molar-refractivity contribution is 0.217. The molecule has 0 spiro atoms. The fourth-order valence-electron chi connectivity index (χ4n) is 3.33. The largest absolute Gasteiger partial charge is 0.319 e. The van der Waals surface area contributed by atoms with E-state index >= 15 is 0 Å². The first-order chi connectivity index (χ1) is 9.20. The van der Waals surface area contributed by atoms with Crippen molar-refractivity contribution in [2.75, 3.05) is 20.1 Å². The molecule has 104 valence electrons. The third kappa shape index (κ3) is 2.71. The van der Waals surface area contributed by atoms with Gasteiger partial charge in [0.1, 0.15) is 5.82 Å². The molecule has 4 heteroatoms. The number of halogens is 2. The molecule has 2 aliphatic rings. The maximum Gasteiger partial charge on any atom is 0.137 e. The second-order valence-electron chi connectivity index (χ2n) is 5.69. The smallest absolute Gasteiger partial charge is 0.137 e. The van der Waals surface area contributed by atoms with Crippen LogP contribution in [0.15, 0.2) is 22.7 Å². The van der Waals surface area contributed by atoms with Crippen LogP contribution < -0.4 is 5.32 Å². The highest BCUT2D eigenvalue weighted by atomic mass is 79.9. The molecule has 0 aromatic heterocycles. The van der Waals surface area contributed by atoms with E-state index in [1.807, 2.05) is 19.2 Å². The van der Waals surface area contributed by atoms with Gasteiger partial charge in [-0.25, -0.2) is 4.39 Å². The topological polar surface area (TPSA) is 15.3 Å². The molecule has 1 aliphatic carbocycles. The van der Waals surface area contributed by atoms with Crippen LogP contribution in [0.1, 0.15) is 30.9 Å². The van der Waals surface area contributed by atoms with Crippen LogP contribution in [0.25, 0.3) is 0 Å². The van der Waals surface area contributed by atoms with Gasteiger partial charge in [-0.1, -0.05) is 6.07 Å². The Hall–Kier alpha value is -0.450. The van der Waals surface area contributed by atoms with Gasteiger partial charge in [-0.3, -0.25) is 4.90 Å². The van der Waals surface area contributed by atoms with Crippen molar-refractivity contribution in [1.29, 1.82) is 0 Å². The minimum Gasteiger partial charge on any atom is -0.319 e. The Kier molecular flexibility index (Phi) is 3.92. The molecule has 3 rings (SSSR count). The van der Waals surface area contributed by atoms with Crippen molar-refractivity contribution in [2.45, 2.75) is 31.3 Å². The zero-order valence-corrected chi connectivity index (χ0v) is 12.8. The molecule has 2 fully saturated rings. The number of hydrogen-bond donors (Lipinski definition) is 1. The van der Waals surface area contributed by atoms with E-state index in [2.05, 4.69) is 26.1 Å². The fraction of sp³-hybridized carbons (Fsp3) is 0.600. The van der Waals surface area contributed by atoms with Gasteiger partial charge >= 0.3 is 0 Å². The minimum atomic E-state index is -0.176. The molecule has 2 nitrogen and oxygen atoms in total. The molecule has 1 aromatic rings. The van der Waals surface area contributed by atoms with E-state index in [1.165, 1.54) is 31.4 Å². The van der Waals surface area contributed by atoms with Crippen LogP contribution in [-0.2, 0) is 0 Å². The average Bonchev–Trinajstić information content (AvgIpc) is 3.15. The third-order valence-electron chi connectivity index (χ3n) is 4.33. The number of nitrogens with one attached hydrogen (secondary N) is 1. The summed E-state index contributed by atoms with van der Waals surface area (Å²) in [6.45, 7) is 2.21. The van der Waals surface area contributed by atoms with E-state index in [-0.39, 0.29) is 5.82 Å². The Morgan fingerprint density at radius 2 is 2.16 bits per heavy atom. The summed E-state index contributed by atoms with van der Waals surface area (Å²) in [7, 11) is 2.01. The number of nitrogens with zero attached hydrogens (tertiary/aromatic N) is 1. The molecular weight excluding hydrogens is 307 g/mol. The van der Waals surface area contributed by atoms with E-state index < -0.39 is 0 Å². The predicted molar refractivity (Wildman–Crippen MR) is 78.6 cm³/mol. The first kappa shape index (κ1) is 13.5. The van der Waals surface area contributed by atoms with E-state index in [1.54, 1.807) is 6.07 Å². The highest BCUT2D eigenvalue weighted by molar-refractivity contribution is 9.10. The van der Waals surface area contributed by atoms with Crippen LogP contribution in [0.3, 0.4) is 0 Å². The fourth-order valence-corrected chi connectivity index (χ4v) is 3.73. The quantitative estimate of drug-likeness (QED) is 0.913. The highest BCUT2D eigenvalue weighted by Crippen LogP contribution is 2.44. The van der Waals surface area contributed by atoms with Gasteiger partial charge in [-0.15, -0.1) is 0 Å². The van der Waals surface area contributed by atoms with Gasteiger partial charge in [0.15, 0.2) is 0 Å². The Morgan fingerprint density at radius 1 is 1.37 bits per heavy atom. The molecule has 2 unspecified atom stereocenters. The monoisotopic (exact) mass is 326 g/mol. The van der Waals surface area contributed by atoms with E-state index in [0.29, 0.717) is 16.4 Å². The van der Waals surface area contributed by atoms with Crippen molar-refractivity contribution in [2.24, 2.45) is 5.92 Å². The Balaban J connectivity index is 1.89. The zero-order chi connectivity index (χ0) is 13.4. The van der Waals surface area contributed by atoms with Gasteiger partial charge in [0.25, 0.3) is 0 Å². The second-order valence-corrected chi connectivity index (χ2v) is 6.55. The van der Waals surface area contributed by atoms with Crippen LogP contribution >= 0.6 is 15.9 Å². The molecule has 1 aromatic carbocycles. The van der Waals surface area contributed by atoms with Crippen molar-refractivity contribution in [3.63, 3.8) is 0 Å². The third-order valence-corrected chi connectivity index (χ3v) is 4.94. The summed E-state index contributed by atoms with van der Waals surface area (Å²) < 4.78 is 14.0. The lowest BCUT2D eigenvalue weighted by Gasteiger charge is -2.29. The lowest BCUT2D eigenvalue weighted by atomic mass is 9.93. The summed E-state index contributed by atoms with van der Waals surface area (Å²) in [5.41, 5.74) is 1.25. The Bertz CT molecular complexity index is 461. The predicted octanol–water partition coefficient (Wildman–Crippen LogP) is 3.33. The number of rotatable bonds is 4. The normalized spacial score (nSPS) is 27.9. The van der Waals surface area contributed by atoms with Crippen LogP contribution in [0.2, 0.25) is 0 Å². The molecule has 0 radical (unpaired) electrons. The molecule has 0 bridgehead atoms. The molecule has 2 atom stereocenters. The summed E-state index contributed by atoms with van der Waals surface area (Å²) in [4.78, 5) is 2.63. The van der Waals surface area contributed by atoms with Gasteiger partial charge < -0.3 is 5.32 Å². The number of likely N-dealkylation sites (tertiary alicyclic amines) is 1. The van der Waals surface area contributed by atoms with Crippen molar-refractivity contribution in [1.82, 2.24) is 10.2 Å². The van der Waals surface area contributed by atoms with Crippen molar-refractivity contribution >= 4 is 15.9 Å². The van der Waals surface area contributed by atoms with Crippen LogP contribution in [-0.4, -0.2) is 31.1 Å². The molecule has 1 N–H and O–H groups in total. The average molecular weight is 327 g/mol. The van der Waals surface area contributed by atoms with E-state index in [9.17, 15) is 4.39 Å². The SMILES string of the molecule is CNCC1CCN(C2CC2)C1c1ccc(F)c(Br)c1. The van der Waals surface area contributed by atoms with Gasteiger partial charge in [0.05, 0.1) is 4.47 Å². The van der Waals surface area contributed by atoms with Gasteiger partial charge in [-0.05, 0) is 78.9 Å². The summed E-state index contributed by atoms with van der Waals surface area (Å²) in [5, 5.41) is 3.30. The van der Waals surface area contributed by atoms with Crippen LogP contribution in [0.5, 0.6) is 0 Å². The summed E-state index contributed by atoms with van der Waals surface area (Å²) >= 11 is 3.32. The van der Waals surface area contributed by atoms with Crippen molar-refractivity contribution in [3.8, 4) is 0 Å². The molecule has 1 aliphatic heterocycles. The minimum absolute atomic E-state index is 0.176. The number of benzene rings is 1. The first-order valence-corrected chi connectivity index (χ1v) is 7.85. The van der Waals surface area contributed by atoms with Gasteiger partial charge in [-0.2, -0.15) is 0 Å². The molecule has 0 amide bonds. The van der Waals surface area contributed by atoms with Gasteiger partial charge in [0, 0.05) is 12.1 Å². The van der Waals surface area contributed by atoms with Crippen molar-refractivity contribution in [3.05, 3.63) is 34.1 Å². The van der Waals surface area contributed by atoms with E-state index in [4.69, 9.17) is 0 Å². The standard InChI is InChI=1S/C15H20BrFN2/c1-18-9-11-6-7-19(12-3-4-12)15(11)10-2-5-14(17)13(16)8-10/h2,5,8,11-12,15,18H,3-4,6-7,9H2,1H3. The summed E-state index contributed by atoms with van der Waals surface area (Å²) in [5.74, 6) is 0.452. The number of hydrogen-bond acceptors (Lipinski definition) is 2. The zero-order valence-electron chi connectivity index (χ0n) is 11.2. The molecule has 1 saturated heterocycles. The van der Waals surface area contributed by atoms with Crippen LogP contribution in [0, 0.1) is 11.7 Å². The maximum atomic E-state index is 13.4. The summed E-state index contributed by atoms with van der Waals surface area (Å²) in [6, 6.07) is 6.70.